The minimum atomic E-state index is -0.883. The van der Waals surface area contributed by atoms with Crippen LogP contribution < -0.4 is 0 Å². The SMILES string of the molecule is CCOC(=O)[C@H]1CCCN([C@H](C(=O)O)c2ccc(SC)cc2)C1. The van der Waals surface area contributed by atoms with E-state index in [1.165, 1.54) is 0 Å². The fourth-order valence-electron chi connectivity index (χ4n) is 2.99. The predicted molar refractivity (Wildman–Crippen MR) is 89.5 cm³/mol. The Labute approximate surface area is 141 Å². The van der Waals surface area contributed by atoms with E-state index in [4.69, 9.17) is 4.74 Å². The highest BCUT2D eigenvalue weighted by atomic mass is 32.2. The number of nitrogens with zero attached hydrogens (tertiary/aromatic N) is 1. The summed E-state index contributed by atoms with van der Waals surface area (Å²) < 4.78 is 5.09. The molecule has 1 saturated heterocycles. The van der Waals surface area contributed by atoms with E-state index < -0.39 is 12.0 Å². The van der Waals surface area contributed by atoms with Crippen molar-refractivity contribution < 1.29 is 19.4 Å². The lowest BCUT2D eigenvalue weighted by atomic mass is 9.95. The van der Waals surface area contributed by atoms with E-state index >= 15 is 0 Å². The summed E-state index contributed by atoms with van der Waals surface area (Å²) in [7, 11) is 0. The highest BCUT2D eigenvalue weighted by Crippen LogP contribution is 2.29. The van der Waals surface area contributed by atoms with Gasteiger partial charge in [-0.1, -0.05) is 12.1 Å². The van der Waals surface area contributed by atoms with Gasteiger partial charge < -0.3 is 9.84 Å². The number of carboxylic acids is 1. The van der Waals surface area contributed by atoms with Gasteiger partial charge in [-0.15, -0.1) is 11.8 Å². The number of likely N-dealkylation sites (tertiary alicyclic amines) is 1. The number of piperidine rings is 1. The summed E-state index contributed by atoms with van der Waals surface area (Å²) in [5.74, 6) is -1.35. The molecule has 2 rings (SSSR count). The number of benzene rings is 1. The third kappa shape index (κ3) is 4.48. The molecule has 126 valence electrons. The standard InChI is InChI=1S/C17H23NO4S/c1-3-22-17(21)13-5-4-10-18(11-13)15(16(19)20)12-6-8-14(23-2)9-7-12/h6-9,13,15H,3-5,10-11H2,1-2H3,(H,19,20)/t13-,15-/m0/s1. The molecule has 5 nitrogen and oxygen atoms in total. The van der Waals surface area contributed by atoms with Crippen molar-refractivity contribution in [1.29, 1.82) is 0 Å². The van der Waals surface area contributed by atoms with Crippen molar-refractivity contribution in [2.24, 2.45) is 5.92 Å². The van der Waals surface area contributed by atoms with Crippen LogP contribution in [-0.4, -0.2) is 47.9 Å². The Morgan fingerprint density at radius 3 is 2.65 bits per heavy atom. The second-order valence-electron chi connectivity index (χ2n) is 5.60. The maximum atomic E-state index is 12.0. The molecule has 1 aromatic rings. The molecule has 0 saturated carbocycles. The van der Waals surface area contributed by atoms with Crippen LogP contribution in [0.1, 0.15) is 31.4 Å². The predicted octanol–water partition coefficient (Wildman–Crippen LogP) is 2.81. The van der Waals surface area contributed by atoms with Crippen LogP contribution in [0.25, 0.3) is 0 Å². The van der Waals surface area contributed by atoms with E-state index in [-0.39, 0.29) is 11.9 Å². The van der Waals surface area contributed by atoms with Crippen molar-refractivity contribution in [2.75, 3.05) is 26.0 Å². The number of ether oxygens (including phenoxy) is 1. The lowest BCUT2D eigenvalue weighted by Crippen LogP contribution is -2.43. The Bertz CT molecular complexity index is 546. The molecule has 0 amide bonds. The zero-order chi connectivity index (χ0) is 16.8. The first-order valence-corrected chi connectivity index (χ1v) is 9.06. The topological polar surface area (TPSA) is 66.8 Å². The molecule has 1 aromatic carbocycles. The number of hydrogen-bond donors (Lipinski definition) is 1. The number of hydrogen-bond acceptors (Lipinski definition) is 5. The summed E-state index contributed by atoms with van der Waals surface area (Å²) in [5.41, 5.74) is 0.750. The molecule has 1 aliphatic rings. The van der Waals surface area contributed by atoms with Crippen LogP contribution in [0.15, 0.2) is 29.2 Å². The number of rotatable bonds is 6. The monoisotopic (exact) mass is 337 g/mol. The summed E-state index contributed by atoms with van der Waals surface area (Å²) in [6.45, 7) is 3.25. The fraction of sp³-hybridized carbons (Fsp3) is 0.529. The first-order valence-electron chi connectivity index (χ1n) is 7.84. The summed E-state index contributed by atoms with van der Waals surface area (Å²) >= 11 is 1.62. The molecule has 0 aromatic heterocycles. The molecule has 23 heavy (non-hydrogen) atoms. The summed E-state index contributed by atoms with van der Waals surface area (Å²) in [5, 5.41) is 9.67. The van der Waals surface area contributed by atoms with Gasteiger partial charge in [0.05, 0.1) is 12.5 Å². The molecule has 0 spiro atoms. The second-order valence-corrected chi connectivity index (χ2v) is 6.48. The van der Waals surface area contributed by atoms with E-state index in [1.54, 1.807) is 18.7 Å². The molecule has 6 heteroatoms. The highest BCUT2D eigenvalue weighted by molar-refractivity contribution is 7.98. The van der Waals surface area contributed by atoms with Crippen LogP contribution in [0, 0.1) is 5.92 Å². The highest BCUT2D eigenvalue weighted by Gasteiger charge is 2.34. The molecule has 1 aliphatic heterocycles. The van der Waals surface area contributed by atoms with E-state index in [2.05, 4.69) is 0 Å². The van der Waals surface area contributed by atoms with Crippen molar-refractivity contribution >= 4 is 23.7 Å². The van der Waals surface area contributed by atoms with Gasteiger partial charge in [-0.3, -0.25) is 14.5 Å². The first kappa shape index (κ1) is 17.8. The van der Waals surface area contributed by atoms with Gasteiger partial charge in [0.25, 0.3) is 0 Å². The largest absolute Gasteiger partial charge is 0.480 e. The van der Waals surface area contributed by atoms with Crippen LogP contribution in [0.4, 0.5) is 0 Å². The van der Waals surface area contributed by atoms with E-state index in [9.17, 15) is 14.7 Å². The van der Waals surface area contributed by atoms with Gasteiger partial charge in [0.1, 0.15) is 6.04 Å². The lowest BCUT2D eigenvalue weighted by Gasteiger charge is -2.35. The summed E-state index contributed by atoms with van der Waals surface area (Å²) in [6, 6.07) is 6.87. The molecule has 2 atom stereocenters. The number of carboxylic acid groups (broad SMARTS) is 1. The Balaban J connectivity index is 2.16. The average molecular weight is 337 g/mol. The van der Waals surface area contributed by atoms with Gasteiger partial charge >= 0.3 is 11.9 Å². The minimum Gasteiger partial charge on any atom is -0.480 e. The average Bonchev–Trinajstić information content (AvgIpc) is 2.56. The molecule has 0 radical (unpaired) electrons. The van der Waals surface area contributed by atoms with Gasteiger partial charge in [-0.25, -0.2) is 0 Å². The maximum absolute atomic E-state index is 12.0. The summed E-state index contributed by atoms with van der Waals surface area (Å²) in [4.78, 5) is 26.7. The van der Waals surface area contributed by atoms with Gasteiger partial charge in [0, 0.05) is 11.4 Å². The Hall–Kier alpha value is -1.53. The van der Waals surface area contributed by atoms with Crippen molar-refractivity contribution in [2.45, 2.75) is 30.7 Å². The smallest absolute Gasteiger partial charge is 0.325 e. The van der Waals surface area contributed by atoms with E-state index in [0.717, 1.165) is 23.3 Å². The number of carbonyl (C=O) groups is 2. The van der Waals surface area contributed by atoms with Crippen molar-refractivity contribution in [3.8, 4) is 0 Å². The van der Waals surface area contributed by atoms with Gasteiger partial charge in [-0.05, 0) is 50.3 Å². The van der Waals surface area contributed by atoms with Crippen LogP contribution in [0.2, 0.25) is 0 Å². The Kier molecular flexibility index (Phi) is 6.47. The molecule has 1 heterocycles. The van der Waals surface area contributed by atoms with Crippen molar-refractivity contribution in [1.82, 2.24) is 4.90 Å². The van der Waals surface area contributed by atoms with E-state index in [1.807, 2.05) is 35.4 Å². The van der Waals surface area contributed by atoms with Gasteiger partial charge in [-0.2, -0.15) is 0 Å². The molecule has 0 unspecified atom stereocenters. The van der Waals surface area contributed by atoms with Crippen LogP contribution >= 0.6 is 11.8 Å². The molecule has 1 N–H and O–H groups in total. The first-order chi connectivity index (χ1) is 11.1. The zero-order valence-electron chi connectivity index (χ0n) is 13.5. The second kappa shape index (κ2) is 8.36. The number of carbonyl (C=O) groups excluding carboxylic acids is 1. The van der Waals surface area contributed by atoms with E-state index in [0.29, 0.717) is 19.7 Å². The van der Waals surface area contributed by atoms with Gasteiger partial charge in [0.15, 0.2) is 0 Å². The number of aliphatic carboxylic acids is 1. The molecular formula is C17H23NO4S. The number of thioether (sulfide) groups is 1. The lowest BCUT2D eigenvalue weighted by molar-refractivity contribution is -0.153. The number of esters is 1. The summed E-state index contributed by atoms with van der Waals surface area (Å²) in [6.07, 6.45) is 3.54. The molecule has 0 bridgehead atoms. The van der Waals surface area contributed by atoms with Crippen LogP contribution in [0.3, 0.4) is 0 Å². The molecule has 1 fully saturated rings. The van der Waals surface area contributed by atoms with Crippen molar-refractivity contribution in [3.05, 3.63) is 29.8 Å². The van der Waals surface area contributed by atoms with Crippen molar-refractivity contribution in [3.63, 3.8) is 0 Å². The van der Waals surface area contributed by atoms with Gasteiger partial charge in [0.2, 0.25) is 0 Å². The Morgan fingerprint density at radius 2 is 2.09 bits per heavy atom. The normalized spacial score (nSPS) is 20.0. The quantitative estimate of drug-likeness (QED) is 0.636. The maximum Gasteiger partial charge on any atom is 0.325 e. The third-order valence-corrected chi connectivity index (χ3v) is 4.85. The zero-order valence-corrected chi connectivity index (χ0v) is 14.3. The van der Waals surface area contributed by atoms with Crippen LogP contribution in [0.5, 0.6) is 0 Å². The minimum absolute atomic E-state index is 0.223. The molecular weight excluding hydrogens is 314 g/mol. The fourth-order valence-corrected chi connectivity index (χ4v) is 3.40. The van der Waals surface area contributed by atoms with Crippen LogP contribution in [-0.2, 0) is 14.3 Å². The molecule has 0 aliphatic carbocycles. The Morgan fingerprint density at radius 1 is 1.39 bits per heavy atom. The third-order valence-electron chi connectivity index (χ3n) is 4.10.